The second kappa shape index (κ2) is 11.1. The van der Waals surface area contributed by atoms with Crippen molar-refractivity contribution in [2.24, 2.45) is 11.8 Å². The normalized spacial score (nSPS) is 22.7. The average Bonchev–Trinajstić information content (AvgIpc) is 2.85. The predicted molar refractivity (Wildman–Crippen MR) is 124 cm³/mol. The highest BCUT2D eigenvalue weighted by molar-refractivity contribution is 5.36. The number of hydrogen-bond donors (Lipinski definition) is 0. The van der Waals surface area contributed by atoms with Gasteiger partial charge < -0.3 is 9.47 Å². The van der Waals surface area contributed by atoms with Gasteiger partial charge in [0, 0.05) is 12.1 Å². The second-order valence-electron chi connectivity index (χ2n) is 10.00. The van der Waals surface area contributed by atoms with Crippen LogP contribution in [0.4, 0.5) is 35.1 Å². The van der Waals surface area contributed by atoms with Gasteiger partial charge in [0.1, 0.15) is 11.6 Å². The minimum Gasteiger partial charge on any atom is -0.429 e. The maximum Gasteiger partial charge on any atom is 0.573 e. The highest BCUT2D eigenvalue weighted by Crippen LogP contribution is 2.43. The van der Waals surface area contributed by atoms with Gasteiger partial charge in [0.25, 0.3) is 0 Å². The van der Waals surface area contributed by atoms with Crippen LogP contribution in [0.2, 0.25) is 0 Å². The Morgan fingerprint density at radius 1 is 0.789 bits per heavy atom. The smallest absolute Gasteiger partial charge is 0.429 e. The topological polar surface area (TPSA) is 18.5 Å². The van der Waals surface area contributed by atoms with Crippen LogP contribution in [0.1, 0.15) is 75.3 Å². The van der Waals surface area contributed by atoms with Crippen molar-refractivity contribution in [3.63, 3.8) is 0 Å². The quantitative estimate of drug-likeness (QED) is 0.253. The van der Waals surface area contributed by atoms with Gasteiger partial charge in [-0.05, 0) is 80.4 Å². The summed E-state index contributed by atoms with van der Waals surface area (Å²) < 4.78 is 116. The number of halogens is 8. The van der Waals surface area contributed by atoms with E-state index in [2.05, 4.69) is 22.5 Å². The Balaban J connectivity index is 1.42. The zero-order valence-corrected chi connectivity index (χ0v) is 20.7. The lowest BCUT2D eigenvalue weighted by Crippen LogP contribution is -2.24. The fourth-order valence-electron chi connectivity index (χ4n) is 5.48. The molecule has 2 aliphatic rings. The summed E-state index contributed by atoms with van der Waals surface area (Å²) in [5.74, 6) is -6.76. The second-order valence-corrected chi connectivity index (χ2v) is 10.00. The average molecular weight is 549 g/mol. The molecule has 0 N–H and O–H groups in total. The SMILES string of the molecule is CCC1CC=C(C2CCC(c3ccc(C(F)(F)Oc4cc(F)c(OC(F)(F)F)c(F)c4)c(F)c3)CC2)CC1. The number of rotatable bonds is 7. The van der Waals surface area contributed by atoms with Crippen molar-refractivity contribution in [2.75, 3.05) is 0 Å². The van der Waals surface area contributed by atoms with Crippen molar-refractivity contribution in [3.05, 3.63) is 70.6 Å². The highest BCUT2D eigenvalue weighted by atomic mass is 19.4. The van der Waals surface area contributed by atoms with E-state index in [4.69, 9.17) is 0 Å². The number of ether oxygens (including phenoxy) is 2. The number of allylic oxidation sites excluding steroid dienone is 2. The summed E-state index contributed by atoms with van der Waals surface area (Å²) in [5.41, 5.74) is 0.913. The first-order valence-electron chi connectivity index (χ1n) is 12.7. The van der Waals surface area contributed by atoms with Crippen molar-refractivity contribution in [2.45, 2.75) is 76.7 Å². The van der Waals surface area contributed by atoms with Crippen LogP contribution in [0.15, 0.2) is 42.0 Å². The molecule has 0 spiro atoms. The molecule has 0 heterocycles. The lowest BCUT2D eigenvalue weighted by atomic mass is 9.72. The molecule has 0 amide bonds. The summed E-state index contributed by atoms with van der Waals surface area (Å²) in [6.45, 7) is 2.20. The first-order chi connectivity index (χ1) is 17.9. The van der Waals surface area contributed by atoms with E-state index in [0.717, 1.165) is 56.6 Å². The van der Waals surface area contributed by atoms with Crippen LogP contribution < -0.4 is 9.47 Å². The van der Waals surface area contributed by atoms with Crippen molar-refractivity contribution < 1.29 is 44.6 Å². The standard InChI is InChI=1S/C28H28F8O2/c1-2-16-3-5-17(6-4-16)18-7-9-19(10-8-18)20-11-12-22(23(29)13-20)27(32,33)37-21-14-24(30)26(25(31)15-21)38-28(34,35)36/h5,11-16,18-19H,2-4,6-10H2,1H3. The van der Waals surface area contributed by atoms with Gasteiger partial charge in [-0.2, -0.15) is 8.78 Å². The molecule has 1 saturated carbocycles. The Kier molecular flexibility index (Phi) is 8.28. The molecular formula is C28H28F8O2. The molecule has 38 heavy (non-hydrogen) atoms. The molecule has 10 heteroatoms. The van der Waals surface area contributed by atoms with Gasteiger partial charge in [-0.1, -0.05) is 31.1 Å². The molecule has 2 nitrogen and oxygen atoms in total. The summed E-state index contributed by atoms with van der Waals surface area (Å²) in [6, 6.07) is 3.47. The molecule has 0 aromatic heterocycles. The molecule has 0 aliphatic heterocycles. The Labute approximate surface area is 215 Å². The predicted octanol–water partition coefficient (Wildman–Crippen LogP) is 9.54. The summed E-state index contributed by atoms with van der Waals surface area (Å²) in [7, 11) is 0. The van der Waals surface area contributed by atoms with Gasteiger partial charge in [0.15, 0.2) is 11.6 Å². The Hall–Kier alpha value is -2.78. The summed E-state index contributed by atoms with van der Waals surface area (Å²) in [4.78, 5) is 0. The Morgan fingerprint density at radius 2 is 1.42 bits per heavy atom. The first kappa shape index (κ1) is 28.2. The van der Waals surface area contributed by atoms with Crippen molar-refractivity contribution in [3.8, 4) is 11.5 Å². The lowest BCUT2D eigenvalue weighted by molar-refractivity contribution is -0.276. The number of hydrogen-bond acceptors (Lipinski definition) is 2. The highest BCUT2D eigenvalue weighted by Gasteiger charge is 2.39. The van der Waals surface area contributed by atoms with E-state index in [-0.39, 0.29) is 18.1 Å². The van der Waals surface area contributed by atoms with Crippen LogP contribution in [-0.4, -0.2) is 6.36 Å². The molecule has 1 atom stereocenters. The van der Waals surface area contributed by atoms with Gasteiger partial charge >= 0.3 is 12.5 Å². The maximum absolute atomic E-state index is 14.8. The van der Waals surface area contributed by atoms with E-state index < -0.39 is 47.0 Å². The fourth-order valence-corrected chi connectivity index (χ4v) is 5.48. The Morgan fingerprint density at radius 3 is 1.95 bits per heavy atom. The molecule has 4 rings (SSSR count). The summed E-state index contributed by atoms with van der Waals surface area (Å²) in [6.07, 6.45) is 0.716. The van der Waals surface area contributed by atoms with Crippen LogP contribution >= 0.6 is 0 Å². The molecule has 1 fully saturated rings. The molecule has 2 aromatic carbocycles. The van der Waals surface area contributed by atoms with E-state index in [1.807, 2.05) is 0 Å². The zero-order chi connectivity index (χ0) is 27.7. The molecule has 0 saturated heterocycles. The molecule has 2 aliphatic carbocycles. The first-order valence-corrected chi connectivity index (χ1v) is 12.7. The summed E-state index contributed by atoms with van der Waals surface area (Å²) >= 11 is 0. The lowest BCUT2D eigenvalue weighted by Gasteiger charge is -2.33. The molecule has 0 bridgehead atoms. The molecule has 2 aromatic rings. The van der Waals surface area contributed by atoms with Crippen molar-refractivity contribution in [1.82, 2.24) is 0 Å². The molecular weight excluding hydrogens is 520 g/mol. The van der Waals surface area contributed by atoms with E-state index in [1.54, 1.807) is 0 Å². The van der Waals surface area contributed by atoms with Gasteiger partial charge in [0.2, 0.25) is 5.75 Å². The van der Waals surface area contributed by atoms with Crippen molar-refractivity contribution in [1.29, 1.82) is 0 Å². The summed E-state index contributed by atoms with van der Waals surface area (Å²) in [5, 5.41) is 0. The van der Waals surface area contributed by atoms with Crippen LogP contribution in [0.5, 0.6) is 11.5 Å². The third kappa shape index (κ3) is 6.61. The molecule has 208 valence electrons. The number of benzene rings is 2. The van der Waals surface area contributed by atoms with Gasteiger partial charge in [-0.15, -0.1) is 13.2 Å². The van der Waals surface area contributed by atoms with E-state index in [1.165, 1.54) is 24.5 Å². The largest absolute Gasteiger partial charge is 0.573 e. The van der Waals surface area contributed by atoms with E-state index in [0.29, 0.717) is 11.5 Å². The van der Waals surface area contributed by atoms with Crippen molar-refractivity contribution >= 4 is 0 Å². The molecule has 1 unspecified atom stereocenters. The third-order valence-electron chi connectivity index (χ3n) is 7.60. The van der Waals surface area contributed by atoms with Crippen LogP contribution in [0.3, 0.4) is 0 Å². The van der Waals surface area contributed by atoms with Crippen LogP contribution in [0, 0.1) is 29.3 Å². The van der Waals surface area contributed by atoms with Gasteiger partial charge in [-0.3, -0.25) is 0 Å². The maximum atomic E-state index is 14.8. The third-order valence-corrected chi connectivity index (χ3v) is 7.60. The minimum absolute atomic E-state index is 0.0151. The number of alkyl halides is 5. The van der Waals surface area contributed by atoms with Gasteiger partial charge in [0.05, 0.1) is 5.56 Å². The van der Waals surface area contributed by atoms with Crippen LogP contribution in [-0.2, 0) is 6.11 Å². The minimum atomic E-state index is -5.40. The van der Waals surface area contributed by atoms with E-state index in [9.17, 15) is 35.1 Å². The zero-order valence-electron chi connectivity index (χ0n) is 20.7. The van der Waals surface area contributed by atoms with E-state index >= 15 is 0 Å². The monoisotopic (exact) mass is 548 g/mol. The fraction of sp³-hybridized carbons (Fsp3) is 0.500. The Bertz CT molecular complexity index is 1140. The van der Waals surface area contributed by atoms with Crippen LogP contribution in [0.25, 0.3) is 0 Å². The molecule has 0 radical (unpaired) electrons. The van der Waals surface area contributed by atoms with Gasteiger partial charge in [-0.25, -0.2) is 13.2 Å².